The van der Waals surface area contributed by atoms with Crippen LogP contribution in [0.1, 0.15) is 61.3 Å². The van der Waals surface area contributed by atoms with Crippen molar-refractivity contribution in [3.05, 3.63) is 100 Å². The maximum absolute atomic E-state index is 13.9. The number of ether oxygens (including phenoxy) is 3. The van der Waals surface area contributed by atoms with Crippen LogP contribution in [0.5, 0.6) is 5.88 Å². The van der Waals surface area contributed by atoms with Crippen molar-refractivity contribution in [2.75, 3.05) is 30.9 Å². The summed E-state index contributed by atoms with van der Waals surface area (Å²) in [6.07, 6.45) is -3.12. The number of nitrogens with two attached hydrogens (primary N) is 1. The van der Waals surface area contributed by atoms with Crippen molar-refractivity contribution in [3.8, 4) is 5.88 Å². The summed E-state index contributed by atoms with van der Waals surface area (Å²) in [5, 5.41) is 19.5. The first-order valence-electron chi connectivity index (χ1n) is 23.4. The number of aliphatic hydroxyl groups excluding tert-OH is 1. The van der Waals surface area contributed by atoms with Crippen LogP contribution in [0.4, 0.5) is 16.4 Å². The highest BCUT2D eigenvalue weighted by molar-refractivity contribution is 8.07. The molecule has 75 heavy (non-hydrogen) atoms. The predicted molar refractivity (Wildman–Crippen MR) is 273 cm³/mol. The van der Waals surface area contributed by atoms with Gasteiger partial charge in [-0.2, -0.15) is 4.98 Å². The van der Waals surface area contributed by atoms with E-state index in [1.807, 2.05) is 0 Å². The molecular formula is C45H55N11O15P2S2. The molecule has 4 amide bonds. The van der Waals surface area contributed by atoms with Crippen LogP contribution in [0.25, 0.3) is 11.2 Å². The van der Waals surface area contributed by atoms with E-state index in [4.69, 9.17) is 61.7 Å². The number of aromatic nitrogens is 6. The number of fused-ring (bicyclic) bond motifs is 4. The summed E-state index contributed by atoms with van der Waals surface area (Å²) in [7, 11) is 1.48. The van der Waals surface area contributed by atoms with E-state index in [0.717, 1.165) is 0 Å². The second kappa shape index (κ2) is 23.7. The zero-order valence-corrected chi connectivity index (χ0v) is 44.1. The molecule has 2 saturated heterocycles. The van der Waals surface area contributed by atoms with Crippen molar-refractivity contribution in [2.45, 2.75) is 95.6 Å². The van der Waals surface area contributed by atoms with Gasteiger partial charge >= 0.3 is 19.5 Å². The minimum atomic E-state index is -4.21. The normalized spacial score (nSPS) is 26.7. The number of H-pyrrole nitrogens is 1. The van der Waals surface area contributed by atoms with Gasteiger partial charge in [0.2, 0.25) is 23.6 Å². The van der Waals surface area contributed by atoms with Gasteiger partial charge in [0, 0.05) is 49.4 Å². The summed E-state index contributed by atoms with van der Waals surface area (Å²) in [4.78, 5) is 108. The number of carbonyl (C=O) groups excluding carboxylic acids is 4. The minimum absolute atomic E-state index is 0.0770. The average Bonchev–Trinajstić information content (AvgIpc) is 4.06. The van der Waals surface area contributed by atoms with Gasteiger partial charge in [0.1, 0.15) is 43.4 Å². The highest BCUT2D eigenvalue weighted by Crippen LogP contribution is 2.54. The second-order valence-corrected chi connectivity index (χ2v) is 23.8. The predicted octanol–water partition coefficient (Wildman–Crippen LogP) is 2.72. The molecular weight excluding hydrogens is 1060 g/mol. The summed E-state index contributed by atoms with van der Waals surface area (Å²) < 4.78 is 42.3. The van der Waals surface area contributed by atoms with E-state index in [1.54, 1.807) is 69.3 Å². The van der Waals surface area contributed by atoms with Crippen molar-refractivity contribution < 1.29 is 66.4 Å². The molecule has 402 valence electrons. The number of nitrogens with one attached hydrogen (secondary N) is 4. The van der Waals surface area contributed by atoms with Crippen LogP contribution in [0.3, 0.4) is 0 Å². The van der Waals surface area contributed by atoms with Gasteiger partial charge in [0.15, 0.2) is 17.4 Å². The summed E-state index contributed by atoms with van der Waals surface area (Å²) in [5.41, 5.74) is 6.34. The number of carbonyl (C=O) groups is 4. The molecule has 2 bridgehead atoms. The number of hydrogen-bond donors (Lipinski definition) is 8. The number of amides is 4. The third kappa shape index (κ3) is 13.8. The van der Waals surface area contributed by atoms with Gasteiger partial charge in [-0.05, 0) is 72.2 Å². The number of benzene rings is 2. The molecule has 3 aliphatic rings. The Bertz CT molecular complexity index is 3050. The fraction of sp³-hybridized carbons (Fsp3) is 0.444. The molecule has 5 aromatic rings. The Labute approximate surface area is 438 Å². The lowest BCUT2D eigenvalue weighted by Gasteiger charge is -2.28. The van der Waals surface area contributed by atoms with Gasteiger partial charge in [-0.3, -0.25) is 38.6 Å². The van der Waals surface area contributed by atoms with Gasteiger partial charge in [0.25, 0.3) is 11.5 Å². The first-order chi connectivity index (χ1) is 35.6. The van der Waals surface area contributed by atoms with E-state index in [0.29, 0.717) is 29.1 Å². The molecule has 2 aliphatic heterocycles. The molecule has 1 aliphatic carbocycles. The lowest BCUT2D eigenvalue weighted by molar-refractivity contribution is -0.127. The fourth-order valence-corrected chi connectivity index (χ4v) is 11.3. The van der Waals surface area contributed by atoms with Crippen molar-refractivity contribution in [1.29, 1.82) is 0 Å². The third-order valence-corrected chi connectivity index (χ3v) is 15.5. The summed E-state index contributed by atoms with van der Waals surface area (Å²) >= 11 is 10.8. The Morgan fingerprint density at radius 1 is 0.960 bits per heavy atom. The van der Waals surface area contributed by atoms with E-state index in [-0.39, 0.29) is 54.8 Å². The number of anilines is 2. The molecule has 8 rings (SSSR count). The first-order valence-corrected chi connectivity index (χ1v) is 28.6. The van der Waals surface area contributed by atoms with E-state index in [2.05, 4.69) is 40.9 Å². The van der Waals surface area contributed by atoms with E-state index in [9.17, 15) is 38.9 Å². The van der Waals surface area contributed by atoms with Crippen molar-refractivity contribution in [3.63, 3.8) is 0 Å². The summed E-state index contributed by atoms with van der Waals surface area (Å²) in [5.74, 6) is -2.23. The molecule has 2 unspecified atom stereocenters. The molecule has 0 radical (unpaired) electrons. The highest BCUT2D eigenvalue weighted by Gasteiger charge is 2.50. The molecule has 1 saturated carbocycles. The van der Waals surface area contributed by atoms with Crippen LogP contribution >= 0.6 is 13.4 Å². The highest BCUT2D eigenvalue weighted by atomic mass is 32.5. The Morgan fingerprint density at radius 2 is 1.69 bits per heavy atom. The second-order valence-electron chi connectivity index (χ2n) is 18.3. The topological polar surface area (TPSA) is 348 Å². The number of imidazole rings is 1. The number of aliphatic hydroxyl groups is 1. The van der Waals surface area contributed by atoms with Crippen molar-refractivity contribution >= 4 is 83.7 Å². The van der Waals surface area contributed by atoms with Crippen LogP contribution in [0, 0.1) is 11.8 Å². The lowest BCUT2D eigenvalue weighted by atomic mass is 10.0. The minimum Gasteiger partial charge on any atom is -0.474 e. The van der Waals surface area contributed by atoms with Gasteiger partial charge in [0.05, 0.1) is 31.7 Å². The number of rotatable bonds is 14. The smallest absolute Gasteiger partial charge is 0.410 e. The average molecular weight is 1120 g/mol. The van der Waals surface area contributed by atoms with Crippen molar-refractivity contribution in [1.82, 2.24) is 39.7 Å². The molecule has 0 spiro atoms. The SMILES string of the molecule is CC(C)[C@H](N)C(=O)N[C@@H](C)C(=O)Nc1ccc(COC(=O)N(C)Cc2ccccc2C(=O)Nc2nc3c(ncn3[C@@H]3O[C@@H]4COP(O)(=S)O[C@H]5C[C@H](Oc6ccncn6)C[C@@H]5COP(O)(=S)O[C@@H]3[C@@H]4O)c(=O)[nH]2)cc1. The molecule has 2 aromatic carbocycles. The van der Waals surface area contributed by atoms with E-state index < -0.39 is 104 Å². The quantitative estimate of drug-likeness (QED) is 0.0741. The Morgan fingerprint density at radius 3 is 2.43 bits per heavy atom. The number of aromatic amines is 1. The lowest BCUT2D eigenvalue weighted by Crippen LogP contribution is -2.50. The molecule has 3 fully saturated rings. The summed E-state index contributed by atoms with van der Waals surface area (Å²) in [6.45, 7) is -4.01. The third-order valence-electron chi connectivity index (χ3n) is 12.4. The van der Waals surface area contributed by atoms with Gasteiger partial charge in [-0.15, -0.1) is 0 Å². The molecule has 9 N–H and O–H groups in total. The van der Waals surface area contributed by atoms with Gasteiger partial charge in [-0.1, -0.05) is 44.2 Å². The zero-order chi connectivity index (χ0) is 53.8. The maximum Gasteiger partial charge on any atom is 0.410 e. The number of nitrogens with zero attached hydrogens (tertiary/aromatic N) is 6. The first kappa shape index (κ1) is 55.5. The van der Waals surface area contributed by atoms with Crippen LogP contribution in [-0.2, 0) is 73.9 Å². The fourth-order valence-electron chi connectivity index (χ4n) is 8.31. The Kier molecular flexibility index (Phi) is 17.5. The molecule has 30 heteroatoms. The van der Waals surface area contributed by atoms with Crippen molar-refractivity contribution in [2.24, 2.45) is 17.6 Å². The van der Waals surface area contributed by atoms with Gasteiger partial charge in [-0.25, -0.2) is 19.7 Å². The van der Waals surface area contributed by atoms with Crippen LogP contribution in [-0.4, -0.2) is 136 Å². The largest absolute Gasteiger partial charge is 0.474 e. The van der Waals surface area contributed by atoms with E-state index in [1.165, 1.54) is 41.4 Å². The maximum atomic E-state index is 13.9. The molecule has 26 nitrogen and oxygen atoms in total. The summed E-state index contributed by atoms with van der Waals surface area (Å²) in [6, 6.07) is 13.0. The monoisotopic (exact) mass is 1120 g/mol. The van der Waals surface area contributed by atoms with Crippen LogP contribution in [0.15, 0.2) is 78.2 Å². The standard InChI is InChI=1S/C45H55N11O15P2S2/c1-23(2)34(46)41(60)50-24(3)39(58)51-28-11-9-25(10-12-28)18-65-45(62)55(4)17-26-7-5-6-8-30(26)40(59)53-44-52-38-35(42(61)54-44)49-22-56(38)43-37-36(57)32(69-43)20-67-72(63,74)70-31-16-29(68-33-13-14-47-21-48-33)15-27(31)19-66-73(64,75)71-37/h5-14,21-24,27,29,31-32,34,36-37,43,57H,15-20,46H2,1-4H3,(H,50,60)(H,51,58)(H,63,74)(H,64,75)(H2,52,53,54,59,61)/t24-,27+,29+,31-,32+,34-,36+,37+,43+,72?,73?/m0/s1. The van der Waals surface area contributed by atoms with Gasteiger partial charge < -0.3 is 63.9 Å². The Balaban J connectivity index is 0.910. The Hall–Kier alpha value is -5.71. The van der Waals surface area contributed by atoms with Crippen LogP contribution < -0.4 is 32.0 Å². The number of hydrogen-bond acceptors (Lipinski definition) is 20. The van der Waals surface area contributed by atoms with Crippen LogP contribution in [0.2, 0.25) is 0 Å². The molecule has 11 atom stereocenters. The molecule has 5 heterocycles. The molecule has 3 aromatic heterocycles. The van der Waals surface area contributed by atoms with E-state index >= 15 is 0 Å². The zero-order valence-electron chi connectivity index (χ0n) is 40.7.